The van der Waals surface area contributed by atoms with Crippen molar-refractivity contribution in [3.8, 4) is 5.75 Å². The molecule has 0 amide bonds. The molecule has 2 rings (SSSR count). The summed E-state index contributed by atoms with van der Waals surface area (Å²) in [7, 11) is 0. The third kappa shape index (κ3) is 1.57. The van der Waals surface area contributed by atoms with Crippen LogP contribution in [0, 0.1) is 6.92 Å². The molecule has 0 saturated heterocycles. The number of hydrogen-bond donors (Lipinski definition) is 0. The van der Waals surface area contributed by atoms with E-state index in [9.17, 15) is 4.79 Å². The molecule has 0 bridgehead atoms. The van der Waals surface area contributed by atoms with Gasteiger partial charge in [-0.1, -0.05) is 6.07 Å². The van der Waals surface area contributed by atoms with Crippen molar-refractivity contribution in [2.75, 3.05) is 6.61 Å². The Labute approximate surface area is 91.4 Å². The zero-order valence-electron chi connectivity index (χ0n) is 7.97. The zero-order chi connectivity index (χ0) is 10.1. The van der Waals surface area contributed by atoms with Gasteiger partial charge in [0.15, 0.2) is 5.78 Å². The minimum Gasteiger partial charge on any atom is -0.492 e. The highest BCUT2D eigenvalue weighted by Crippen LogP contribution is 2.33. The summed E-state index contributed by atoms with van der Waals surface area (Å²) in [6.07, 6.45) is 1.38. The zero-order valence-corrected chi connectivity index (χ0v) is 9.56. The van der Waals surface area contributed by atoms with Crippen LogP contribution in [0.4, 0.5) is 0 Å². The highest BCUT2D eigenvalue weighted by molar-refractivity contribution is 9.10. The van der Waals surface area contributed by atoms with Crippen molar-refractivity contribution in [2.45, 2.75) is 19.8 Å². The predicted octanol–water partition coefficient (Wildman–Crippen LogP) is 3.11. The maximum atomic E-state index is 11.8. The molecular weight excluding hydrogens is 244 g/mol. The van der Waals surface area contributed by atoms with Crippen LogP contribution in [-0.2, 0) is 0 Å². The standard InChI is InChI=1S/C11H11BrO2/c1-7-4-5-8(12)10-9(13)3-2-6-14-11(7)10/h4-5H,2-3,6H2,1H3. The Morgan fingerprint density at radius 1 is 1.43 bits per heavy atom. The highest BCUT2D eigenvalue weighted by atomic mass is 79.9. The number of carbonyl (C=O) groups is 1. The molecule has 0 N–H and O–H groups in total. The summed E-state index contributed by atoms with van der Waals surface area (Å²) in [5.74, 6) is 0.926. The molecule has 1 heterocycles. The van der Waals surface area contributed by atoms with E-state index in [1.54, 1.807) is 0 Å². The monoisotopic (exact) mass is 254 g/mol. The number of Topliss-reactive ketones (excluding diaryl/α,β-unsaturated/α-hetero) is 1. The Morgan fingerprint density at radius 3 is 3.00 bits per heavy atom. The normalized spacial score (nSPS) is 15.7. The molecule has 14 heavy (non-hydrogen) atoms. The fourth-order valence-electron chi connectivity index (χ4n) is 1.64. The van der Waals surface area contributed by atoms with Crippen LogP contribution >= 0.6 is 15.9 Å². The van der Waals surface area contributed by atoms with Crippen LogP contribution in [0.25, 0.3) is 0 Å². The molecular formula is C11H11BrO2. The van der Waals surface area contributed by atoms with Gasteiger partial charge in [-0.3, -0.25) is 4.79 Å². The smallest absolute Gasteiger partial charge is 0.167 e. The topological polar surface area (TPSA) is 26.3 Å². The molecule has 1 aliphatic rings. The van der Waals surface area contributed by atoms with Crippen LogP contribution in [0.2, 0.25) is 0 Å². The molecule has 0 aromatic heterocycles. The van der Waals surface area contributed by atoms with Crippen molar-refractivity contribution in [3.63, 3.8) is 0 Å². The summed E-state index contributed by atoms with van der Waals surface area (Å²) in [6.45, 7) is 2.60. The van der Waals surface area contributed by atoms with Gasteiger partial charge in [0.1, 0.15) is 5.75 Å². The number of halogens is 1. The molecule has 2 nitrogen and oxygen atoms in total. The minimum atomic E-state index is 0.174. The third-order valence-electron chi connectivity index (χ3n) is 2.38. The van der Waals surface area contributed by atoms with Crippen LogP contribution in [0.1, 0.15) is 28.8 Å². The Hall–Kier alpha value is -0.830. The quantitative estimate of drug-likeness (QED) is 0.712. The first-order valence-corrected chi connectivity index (χ1v) is 5.44. The molecule has 74 valence electrons. The number of benzene rings is 1. The van der Waals surface area contributed by atoms with Gasteiger partial charge in [0.05, 0.1) is 12.2 Å². The fraction of sp³-hybridized carbons (Fsp3) is 0.364. The molecule has 1 aromatic rings. The van der Waals surface area contributed by atoms with Gasteiger partial charge in [0, 0.05) is 10.9 Å². The maximum Gasteiger partial charge on any atom is 0.167 e. The van der Waals surface area contributed by atoms with Crippen LogP contribution in [-0.4, -0.2) is 12.4 Å². The Balaban J connectivity index is 2.62. The van der Waals surface area contributed by atoms with Crippen LogP contribution in [0.5, 0.6) is 5.75 Å². The number of hydrogen-bond acceptors (Lipinski definition) is 2. The Kier molecular flexibility index (Phi) is 2.59. The molecule has 0 spiro atoms. The van der Waals surface area contributed by atoms with Gasteiger partial charge >= 0.3 is 0 Å². The Bertz CT molecular complexity index is 385. The first-order chi connectivity index (χ1) is 6.70. The van der Waals surface area contributed by atoms with E-state index in [0.717, 1.165) is 22.2 Å². The van der Waals surface area contributed by atoms with E-state index in [-0.39, 0.29) is 5.78 Å². The lowest BCUT2D eigenvalue weighted by Gasteiger charge is -2.10. The molecule has 0 saturated carbocycles. The van der Waals surface area contributed by atoms with E-state index in [2.05, 4.69) is 15.9 Å². The van der Waals surface area contributed by atoms with Crippen molar-refractivity contribution in [3.05, 3.63) is 27.7 Å². The van der Waals surface area contributed by atoms with Crippen LogP contribution in [0.3, 0.4) is 0 Å². The molecule has 0 radical (unpaired) electrons. The van der Waals surface area contributed by atoms with Crippen LogP contribution < -0.4 is 4.74 Å². The van der Waals surface area contributed by atoms with E-state index in [0.29, 0.717) is 18.6 Å². The van der Waals surface area contributed by atoms with Crippen molar-refractivity contribution < 1.29 is 9.53 Å². The maximum absolute atomic E-state index is 11.8. The molecule has 0 atom stereocenters. The van der Waals surface area contributed by atoms with E-state index in [1.807, 2.05) is 19.1 Å². The minimum absolute atomic E-state index is 0.174. The van der Waals surface area contributed by atoms with Gasteiger partial charge in [-0.25, -0.2) is 0 Å². The van der Waals surface area contributed by atoms with Crippen molar-refractivity contribution >= 4 is 21.7 Å². The van der Waals surface area contributed by atoms with Crippen molar-refractivity contribution in [1.29, 1.82) is 0 Å². The third-order valence-corrected chi connectivity index (χ3v) is 3.04. The molecule has 0 unspecified atom stereocenters. The largest absolute Gasteiger partial charge is 0.492 e. The van der Waals surface area contributed by atoms with E-state index in [1.165, 1.54) is 0 Å². The first-order valence-electron chi connectivity index (χ1n) is 4.65. The van der Waals surface area contributed by atoms with Gasteiger partial charge in [0.2, 0.25) is 0 Å². The van der Waals surface area contributed by atoms with Crippen molar-refractivity contribution in [2.24, 2.45) is 0 Å². The lowest BCUT2D eigenvalue weighted by atomic mass is 10.0. The summed E-state index contributed by atoms with van der Waals surface area (Å²) in [5, 5.41) is 0. The van der Waals surface area contributed by atoms with Gasteiger partial charge in [0.25, 0.3) is 0 Å². The Morgan fingerprint density at radius 2 is 2.21 bits per heavy atom. The van der Waals surface area contributed by atoms with Crippen molar-refractivity contribution in [1.82, 2.24) is 0 Å². The summed E-state index contributed by atoms with van der Waals surface area (Å²) in [5.41, 5.74) is 1.74. The first kappa shape index (κ1) is 9.71. The second-order valence-corrected chi connectivity index (χ2v) is 4.30. The molecule has 1 aliphatic heterocycles. The lowest BCUT2D eigenvalue weighted by molar-refractivity contribution is 0.0982. The van der Waals surface area contributed by atoms with Gasteiger partial charge in [-0.15, -0.1) is 0 Å². The average Bonchev–Trinajstić information content (AvgIpc) is 2.35. The number of carbonyl (C=O) groups excluding carboxylic acids is 1. The van der Waals surface area contributed by atoms with Crippen LogP contribution in [0.15, 0.2) is 16.6 Å². The predicted molar refractivity (Wildman–Crippen MR) is 57.9 cm³/mol. The van der Waals surface area contributed by atoms with E-state index < -0.39 is 0 Å². The summed E-state index contributed by atoms with van der Waals surface area (Å²) >= 11 is 3.39. The van der Waals surface area contributed by atoms with E-state index in [4.69, 9.17) is 4.74 Å². The van der Waals surface area contributed by atoms with Gasteiger partial charge < -0.3 is 4.74 Å². The molecule has 0 fully saturated rings. The molecule has 0 aliphatic carbocycles. The number of aryl methyl sites for hydroxylation is 1. The van der Waals surface area contributed by atoms with E-state index >= 15 is 0 Å². The average molecular weight is 255 g/mol. The number of ether oxygens (including phenoxy) is 1. The SMILES string of the molecule is Cc1ccc(Br)c2c1OCCCC2=O. The lowest BCUT2D eigenvalue weighted by Crippen LogP contribution is -2.00. The van der Waals surface area contributed by atoms with Gasteiger partial charge in [-0.05, 0) is 40.9 Å². The summed E-state index contributed by atoms with van der Waals surface area (Å²) < 4.78 is 6.42. The molecule has 1 aromatic carbocycles. The highest BCUT2D eigenvalue weighted by Gasteiger charge is 2.20. The number of fused-ring (bicyclic) bond motifs is 1. The van der Waals surface area contributed by atoms with Gasteiger partial charge in [-0.2, -0.15) is 0 Å². The second kappa shape index (κ2) is 3.73. The molecule has 3 heteroatoms. The number of ketones is 1. The summed E-state index contributed by atoms with van der Waals surface area (Å²) in [4.78, 5) is 11.8. The second-order valence-electron chi connectivity index (χ2n) is 3.44. The fourth-order valence-corrected chi connectivity index (χ4v) is 2.17. The summed E-state index contributed by atoms with van der Waals surface area (Å²) in [6, 6.07) is 3.86. The number of rotatable bonds is 0.